The Kier molecular flexibility index (Phi) is 3.25. The molecular weight excluding hydrogens is 305 g/mol. The molecule has 23 heavy (non-hydrogen) atoms. The SMILES string of the molecule is CC1(C)CN(c2ccccc2N)c2c(O)ccc(C(F)(F)F)c21. The molecule has 2 aromatic rings. The van der Waals surface area contributed by atoms with Crippen LogP contribution in [-0.4, -0.2) is 11.7 Å². The standard InChI is InChI=1S/C17H17F3N2O/c1-16(2)9-22(12-6-4-3-5-11(12)21)15-13(23)8-7-10(14(15)16)17(18,19)20/h3-8,23H,9,21H2,1-2H3. The number of hydrogen-bond donors (Lipinski definition) is 2. The van der Waals surface area contributed by atoms with Crippen molar-refractivity contribution in [1.82, 2.24) is 0 Å². The first-order valence-corrected chi connectivity index (χ1v) is 7.18. The Morgan fingerprint density at radius 1 is 1.13 bits per heavy atom. The first-order chi connectivity index (χ1) is 10.6. The van der Waals surface area contributed by atoms with Crippen LogP contribution in [0.4, 0.5) is 30.2 Å². The zero-order valence-corrected chi connectivity index (χ0v) is 12.8. The molecular formula is C17H17F3N2O. The van der Waals surface area contributed by atoms with Crippen molar-refractivity contribution in [2.45, 2.75) is 25.4 Å². The van der Waals surface area contributed by atoms with Crippen molar-refractivity contribution < 1.29 is 18.3 Å². The Labute approximate surface area is 132 Å². The summed E-state index contributed by atoms with van der Waals surface area (Å²) < 4.78 is 40.2. The number of para-hydroxylation sites is 2. The monoisotopic (exact) mass is 322 g/mol. The minimum absolute atomic E-state index is 0.105. The van der Waals surface area contributed by atoms with Gasteiger partial charge in [-0.25, -0.2) is 0 Å². The van der Waals surface area contributed by atoms with Crippen LogP contribution in [0.15, 0.2) is 36.4 Å². The summed E-state index contributed by atoms with van der Waals surface area (Å²) in [7, 11) is 0. The molecule has 0 saturated heterocycles. The average Bonchev–Trinajstić information content (AvgIpc) is 2.71. The second kappa shape index (κ2) is 4.81. The molecule has 0 radical (unpaired) electrons. The third kappa shape index (κ3) is 2.38. The number of aromatic hydroxyl groups is 1. The van der Waals surface area contributed by atoms with E-state index >= 15 is 0 Å². The highest BCUT2D eigenvalue weighted by Crippen LogP contribution is 2.53. The smallest absolute Gasteiger partial charge is 0.416 e. The van der Waals surface area contributed by atoms with E-state index in [1.165, 1.54) is 0 Å². The van der Waals surface area contributed by atoms with E-state index in [0.717, 1.165) is 12.1 Å². The van der Waals surface area contributed by atoms with Gasteiger partial charge >= 0.3 is 6.18 Å². The molecule has 0 aromatic heterocycles. The highest BCUT2D eigenvalue weighted by Gasteiger charge is 2.46. The van der Waals surface area contributed by atoms with Gasteiger partial charge in [0.1, 0.15) is 5.75 Å². The lowest BCUT2D eigenvalue weighted by molar-refractivity contribution is -0.138. The van der Waals surface area contributed by atoms with Gasteiger partial charge in [0, 0.05) is 12.0 Å². The largest absolute Gasteiger partial charge is 0.506 e. The molecule has 3 rings (SSSR count). The lowest BCUT2D eigenvalue weighted by Crippen LogP contribution is -2.26. The second-order valence-electron chi connectivity index (χ2n) is 6.38. The van der Waals surface area contributed by atoms with Crippen molar-refractivity contribution in [3.05, 3.63) is 47.5 Å². The zero-order chi connectivity index (χ0) is 17.0. The Bertz CT molecular complexity index is 769. The minimum Gasteiger partial charge on any atom is -0.506 e. The van der Waals surface area contributed by atoms with Crippen LogP contribution in [0.5, 0.6) is 5.75 Å². The number of nitrogen functional groups attached to an aromatic ring is 1. The van der Waals surface area contributed by atoms with Gasteiger partial charge in [-0.1, -0.05) is 26.0 Å². The molecule has 6 heteroatoms. The molecule has 1 heterocycles. The van der Waals surface area contributed by atoms with Gasteiger partial charge in [-0.3, -0.25) is 0 Å². The molecule has 1 aliphatic rings. The number of nitrogens with two attached hydrogens (primary N) is 1. The average molecular weight is 322 g/mol. The maximum absolute atomic E-state index is 13.4. The number of hydrogen-bond acceptors (Lipinski definition) is 3. The summed E-state index contributed by atoms with van der Waals surface area (Å²) >= 11 is 0. The van der Waals surface area contributed by atoms with Crippen LogP contribution in [0.3, 0.4) is 0 Å². The number of rotatable bonds is 1. The zero-order valence-electron chi connectivity index (χ0n) is 12.8. The Morgan fingerprint density at radius 2 is 1.78 bits per heavy atom. The van der Waals surface area contributed by atoms with Crippen molar-refractivity contribution in [3.63, 3.8) is 0 Å². The van der Waals surface area contributed by atoms with Crippen molar-refractivity contribution in [3.8, 4) is 5.75 Å². The highest BCUT2D eigenvalue weighted by molar-refractivity contribution is 5.84. The van der Waals surface area contributed by atoms with Crippen molar-refractivity contribution >= 4 is 17.1 Å². The van der Waals surface area contributed by atoms with Gasteiger partial charge in [0.05, 0.1) is 22.6 Å². The number of benzene rings is 2. The van der Waals surface area contributed by atoms with E-state index in [0.29, 0.717) is 17.9 Å². The summed E-state index contributed by atoms with van der Waals surface area (Å²) in [4.78, 5) is 1.66. The summed E-state index contributed by atoms with van der Waals surface area (Å²) in [5, 5.41) is 10.2. The number of fused-ring (bicyclic) bond motifs is 1. The van der Waals surface area contributed by atoms with Crippen LogP contribution in [0, 0.1) is 0 Å². The molecule has 0 atom stereocenters. The minimum atomic E-state index is -4.48. The Hall–Kier alpha value is -2.37. The number of alkyl halides is 3. The molecule has 0 fully saturated rings. The lowest BCUT2D eigenvalue weighted by Gasteiger charge is -2.24. The third-order valence-corrected chi connectivity index (χ3v) is 4.19. The molecule has 0 saturated carbocycles. The van der Waals surface area contributed by atoms with Crippen LogP contribution in [-0.2, 0) is 11.6 Å². The molecule has 0 spiro atoms. The first-order valence-electron chi connectivity index (χ1n) is 7.18. The summed E-state index contributed by atoms with van der Waals surface area (Å²) in [5.41, 5.74) is 5.81. The van der Waals surface area contributed by atoms with E-state index in [2.05, 4.69) is 0 Å². The fraction of sp³-hybridized carbons (Fsp3) is 0.294. The van der Waals surface area contributed by atoms with Gasteiger partial charge in [-0.2, -0.15) is 13.2 Å². The van der Waals surface area contributed by atoms with Crippen LogP contribution in [0.25, 0.3) is 0 Å². The molecule has 0 bridgehead atoms. The van der Waals surface area contributed by atoms with E-state index in [1.54, 1.807) is 43.0 Å². The highest BCUT2D eigenvalue weighted by atomic mass is 19.4. The molecule has 3 nitrogen and oxygen atoms in total. The van der Waals surface area contributed by atoms with Crippen LogP contribution < -0.4 is 10.6 Å². The number of phenolic OH excluding ortho intramolecular Hbond substituents is 1. The maximum Gasteiger partial charge on any atom is 0.416 e. The van der Waals surface area contributed by atoms with Crippen molar-refractivity contribution in [2.24, 2.45) is 0 Å². The van der Waals surface area contributed by atoms with Crippen LogP contribution >= 0.6 is 0 Å². The normalized spacial score (nSPS) is 16.5. The van der Waals surface area contributed by atoms with Gasteiger partial charge in [0.25, 0.3) is 0 Å². The molecule has 3 N–H and O–H groups in total. The predicted octanol–water partition coefficient (Wildman–Crippen LogP) is 4.42. The van der Waals surface area contributed by atoms with E-state index in [9.17, 15) is 18.3 Å². The molecule has 0 unspecified atom stereocenters. The second-order valence-corrected chi connectivity index (χ2v) is 6.38. The van der Waals surface area contributed by atoms with Crippen LogP contribution in [0.1, 0.15) is 25.0 Å². The fourth-order valence-electron chi connectivity index (χ4n) is 3.27. The summed E-state index contributed by atoms with van der Waals surface area (Å²) in [6.07, 6.45) is -4.48. The number of anilines is 3. The maximum atomic E-state index is 13.4. The van der Waals surface area contributed by atoms with E-state index < -0.39 is 17.2 Å². The van der Waals surface area contributed by atoms with E-state index in [1.807, 2.05) is 0 Å². The van der Waals surface area contributed by atoms with Gasteiger partial charge in [0.15, 0.2) is 0 Å². The molecule has 0 aliphatic carbocycles. The number of phenols is 1. The fourth-order valence-corrected chi connectivity index (χ4v) is 3.27. The lowest BCUT2D eigenvalue weighted by atomic mass is 9.83. The first kappa shape index (κ1) is 15.5. The summed E-state index contributed by atoms with van der Waals surface area (Å²) in [6, 6.07) is 8.97. The van der Waals surface area contributed by atoms with Crippen molar-refractivity contribution in [2.75, 3.05) is 17.2 Å². The summed E-state index contributed by atoms with van der Waals surface area (Å²) in [6.45, 7) is 3.77. The number of nitrogens with zero attached hydrogens (tertiary/aromatic N) is 1. The van der Waals surface area contributed by atoms with E-state index in [4.69, 9.17) is 5.73 Å². The summed E-state index contributed by atoms with van der Waals surface area (Å²) in [5.74, 6) is -0.179. The quantitative estimate of drug-likeness (QED) is 0.764. The van der Waals surface area contributed by atoms with Gasteiger partial charge in [-0.15, -0.1) is 0 Å². The molecule has 1 aliphatic heterocycles. The predicted molar refractivity (Wildman–Crippen MR) is 84.0 cm³/mol. The Balaban J connectivity index is 2.29. The molecule has 0 amide bonds. The Morgan fingerprint density at radius 3 is 2.39 bits per heavy atom. The van der Waals surface area contributed by atoms with E-state index in [-0.39, 0.29) is 17.0 Å². The molecule has 2 aromatic carbocycles. The van der Waals surface area contributed by atoms with Gasteiger partial charge in [-0.05, 0) is 29.8 Å². The third-order valence-electron chi connectivity index (χ3n) is 4.19. The van der Waals surface area contributed by atoms with Crippen molar-refractivity contribution in [1.29, 1.82) is 0 Å². The number of halogens is 3. The topological polar surface area (TPSA) is 49.5 Å². The van der Waals surface area contributed by atoms with Crippen LogP contribution in [0.2, 0.25) is 0 Å². The van der Waals surface area contributed by atoms with Gasteiger partial charge < -0.3 is 15.7 Å². The molecule has 122 valence electrons. The van der Waals surface area contributed by atoms with Gasteiger partial charge in [0.2, 0.25) is 0 Å².